The first-order chi connectivity index (χ1) is 19.0. The van der Waals surface area contributed by atoms with Crippen LogP contribution in [0.2, 0.25) is 0 Å². The van der Waals surface area contributed by atoms with Crippen LogP contribution in [0.3, 0.4) is 0 Å². The van der Waals surface area contributed by atoms with Crippen molar-refractivity contribution in [3.63, 3.8) is 0 Å². The van der Waals surface area contributed by atoms with Gasteiger partial charge in [-0.15, -0.1) is 0 Å². The molecule has 20 nitrogen and oxygen atoms in total. The number of fused-ring (bicyclic) bond motifs is 1. The van der Waals surface area contributed by atoms with E-state index in [1.54, 1.807) is 0 Å². The molecule has 2 aliphatic rings. The number of aliphatic hydroxyl groups is 6. The highest BCUT2D eigenvalue weighted by atomic mass is 32.5. The number of aromatic nitrogens is 4. The smallest absolute Gasteiger partial charge is 0.394 e. The monoisotopic (exact) mass is 648 g/mol. The fourth-order valence-electron chi connectivity index (χ4n) is 4.33. The van der Waals surface area contributed by atoms with Crippen molar-refractivity contribution >= 4 is 43.3 Å². The zero-order valence-electron chi connectivity index (χ0n) is 21.0. The molecule has 2 saturated heterocycles. The number of nitrogen functional groups attached to an aromatic ring is 1. The van der Waals surface area contributed by atoms with Gasteiger partial charge in [0.25, 0.3) is 0 Å². The molecule has 23 heteroatoms. The average molecular weight is 648 g/mol. The van der Waals surface area contributed by atoms with Gasteiger partial charge in [-0.2, -0.15) is 0 Å². The Morgan fingerprint density at radius 2 is 1.85 bits per heavy atom. The number of rotatable bonds is 10. The molecule has 0 saturated carbocycles. The minimum atomic E-state index is -5.44. The molecule has 4 rings (SSSR count). The lowest BCUT2D eigenvalue weighted by Gasteiger charge is -2.41. The molecule has 41 heavy (non-hydrogen) atoms. The van der Waals surface area contributed by atoms with Gasteiger partial charge in [-0.25, -0.2) is 23.8 Å². The van der Waals surface area contributed by atoms with Gasteiger partial charge in [0.1, 0.15) is 54.6 Å². The number of hydrogen-bond donors (Lipinski definition) is 10. The lowest BCUT2D eigenvalue weighted by Crippen LogP contribution is -2.61. The van der Waals surface area contributed by atoms with Gasteiger partial charge in [-0.3, -0.25) is 9.09 Å². The third kappa shape index (κ3) is 6.61. The molecular weight excluding hydrogens is 618 g/mol. The van der Waals surface area contributed by atoms with Crippen molar-refractivity contribution in [2.45, 2.75) is 67.7 Å². The number of phosphoric acid groups is 1. The summed E-state index contributed by atoms with van der Waals surface area (Å²) in [5.41, 5.74) is 11.1. The van der Waals surface area contributed by atoms with E-state index in [0.29, 0.717) is 0 Å². The molecule has 0 radical (unpaired) electrons. The topological polar surface area (TPSA) is 321 Å². The summed E-state index contributed by atoms with van der Waals surface area (Å²) in [6, 6.07) is 0. The van der Waals surface area contributed by atoms with E-state index < -0.39 is 88.5 Å². The Morgan fingerprint density at radius 1 is 1.17 bits per heavy atom. The molecule has 12 atom stereocenters. The molecule has 2 aromatic rings. The van der Waals surface area contributed by atoms with E-state index in [1.807, 2.05) is 0 Å². The second-order valence-corrected chi connectivity index (χ2v) is 13.9. The number of nitrogens with two attached hydrogens (primary N) is 2. The first-order valence-corrected chi connectivity index (χ1v) is 15.8. The second-order valence-electron chi connectivity index (χ2n) is 9.53. The van der Waals surface area contributed by atoms with Crippen LogP contribution in [0.1, 0.15) is 13.2 Å². The van der Waals surface area contributed by atoms with Crippen molar-refractivity contribution in [1.29, 1.82) is 0 Å². The molecular formula is C18H30N6O14P2S. The highest BCUT2D eigenvalue weighted by Gasteiger charge is 2.53. The average Bonchev–Trinajstić information content (AvgIpc) is 3.41. The number of phosphoric ester groups is 1. The van der Waals surface area contributed by atoms with E-state index in [9.17, 15) is 39.9 Å². The Kier molecular flexibility index (Phi) is 9.52. The van der Waals surface area contributed by atoms with Crippen molar-refractivity contribution in [3.05, 3.63) is 12.7 Å². The van der Waals surface area contributed by atoms with Gasteiger partial charge in [0.15, 0.2) is 24.0 Å². The maximum absolute atomic E-state index is 12.6. The largest absolute Gasteiger partial charge is 0.481 e. The summed E-state index contributed by atoms with van der Waals surface area (Å²) in [4.78, 5) is 32.6. The highest BCUT2D eigenvalue weighted by molar-refractivity contribution is 8.08. The third-order valence-corrected chi connectivity index (χ3v) is 10.00. The Hall–Kier alpha value is -1.33. The molecule has 232 valence electrons. The van der Waals surface area contributed by atoms with Gasteiger partial charge in [-0.05, 0) is 18.7 Å². The molecule has 12 N–H and O–H groups in total. The first-order valence-electron chi connectivity index (χ1n) is 11.7. The van der Waals surface area contributed by atoms with Crippen molar-refractivity contribution in [2.75, 3.05) is 18.9 Å². The molecule has 4 heterocycles. The molecule has 0 aliphatic carbocycles. The third-order valence-electron chi connectivity index (χ3n) is 6.48. The van der Waals surface area contributed by atoms with Crippen molar-refractivity contribution in [2.24, 2.45) is 5.73 Å². The normalized spacial score (nSPS) is 38.0. The lowest BCUT2D eigenvalue weighted by atomic mass is 9.93. The summed E-state index contributed by atoms with van der Waals surface area (Å²) in [5, 5.41) is 59.6. The van der Waals surface area contributed by atoms with Gasteiger partial charge >= 0.3 is 14.5 Å². The molecule has 0 amide bonds. The Morgan fingerprint density at radius 3 is 2.51 bits per heavy atom. The number of imidazole rings is 1. The second kappa shape index (κ2) is 12.0. The summed E-state index contributed by atoms with van der Waals surface area (Å²) >= 11 is 4.76. The molecule has 0 bridgehead atoms. The zero-order valence-corrected chi connectivity index (χ0v) is 23.6. The molecule has 2 aliphatic heterocycles. The van der Waals surface area contributed by atoms with E-state index in [1.165, 1.54) is 24.1 Å². The molecule has 0 spiro atoms. The summed E-state index contributed by atoms with van der Waals surface area (Å²) in [6.45, 7) is -4.82. The van der Waals surface area contributed by atoms with Gasteiger partial charge in [0.05, 0.1) is 25.1 Å². The van der Waals surface area contributed by atoms with Gasteiger partial charge in [0, 0.05) is 0 Å². The van der Waals surface area contributed by atoms with Crippen molar-refractivity contribution in [1.82, 2.24) is 19.5 Å². The number of nitrogens with zero attached hydrogens (tertiary/aromatic N) is 4. The van der Waals surface area contributed by atoms with E-state index in [-0.39, 0.29) is 17.0 Å². The standard InChI is InChI=1S/C18H30N6O14P2S/c1-18(20)13(30)7(35-17(18)24-5-23-8-14(19)21-4-22-15(8)24)3-34-40(33,41)38-39(31,32)37-16-11(29)9(27)10(28)12(36-16)6(26)2-25/h4-7,9-13,16-17,25-30H,2-3,20H2,1H3,(H,31,32)(H,33,41)(H2,19,21,22)/t6-,7+,9?,10?,11?,12?,13+,16?,17+,18+,40?/m0/s1. The molecule has 2 fully saturated rings. The maximum atomic E-state index is 12.6. The van der Waals surface area contributed by atoms with Crippen LogP contribution in [-0.2, 0) is 39.2 Å². The summed E-state index contributed by atoms with van der Waals surface area (Å²) < 4.78 is 39.1. The Balaban J connectivity index is 1.41. The Labute approximate surface area is 235 Å². The van der Waals surface area contributed by atoms with Crippen LogP contribution < -0.4 is 11.5 Å². The first kappa shape index (κ1) is 32.6. The van der Waals surface area contributed by atoms with E-state index in [4.69, 9.17) is 42.4 Å². The molecule has 2 aromatic heterocycles. The van der Waals surface area contributed by atoms with Crippen LogP contribution in [0.15, 0.2) is 12.7 Å². The van der Waals surface area contributed by atoms with Gasteiger partial charge < -0.3 is 65.9 Å². The van der Waals surface area contributed by atoms with Crippen LogP contribution >= 0.6 is 14.5 Å². The fraction of sp³-hybridized carbons (Fsp3) is 0.722. The van der Waals surface area contributed by atoms with Crippen molar-refractivity contribution < 1.29 is 67.8 Å². The van der Waals surface area contributed by atoms with Crippen LogP contribution in [0.5, 0.6) is 0 Å². The minimum absolute atomic E-state index is 0.0941. The minimum Gasteiger partial charge on any atom is -0.394 e. The van der Waals surface area contributed by atoms with E-state index >= 15 is 0 Å². The highest BCUT2D eigenvalue weighted by Crippen LogP contribution is 2.62. The quantitative estimate of drug-likeness (QED) is 0.109. The van der Waals surface area contributed by atoms with Crippen LogP contribution in [0.25, 0.3) is 11.2 Å². The van der Waals surface area contributed by atoms with E-state index in [2.05, 4.69) is 23.8 Å². The van der Waals surface area contributed by atoms with Crippen LogP contribution in [0.4, 0.5) is 5.82 Å². The van der Waals surface area contributed by atoms with Gasteiger partial charge in [-0.1, -0.05) is 0 Å². The van der Waals surface area contributed by atoms with Crippen molar-refractivity contribution in [3.8, 4) is 0 Å². The number of aliphatic hydroxyl groups excluding tert-OH is 6. The van der Waals surface area contributed by atoms with Crippen LogP contribution in [-0.4, -0.2) is 128 Å². The lowest BCUT2D eigenvalue weighted by molar-refractivity contribution is -0.292. The Bertz CT molecular complexity index is 1340. The van der Waals surface area contributed by atoms with Gasteiger partial charge in [0.2, 0.25) is 0 Å². The molecule has 7 unspecified atom stereocenters. The summed E-state index contributed by atoms with van der Waals surface area (Å²) in [7, 11) is -5.44. The number of hydrogen-bond acceptors (Lipinski definition) is 18. The predicted octanol–water partition coefficient (Wildman–Crippen LogP) is -4.09. The molecule has 0 aromatic carbocycles. The fourth-order valence-corrected chi connectivity index (χ4v) is 7.42. The SMILES string of the molecule is C[C@@]1(N)[C@H](O)[C@@H](COP(O)(=S)OP(=O)(O)OC2OC([C@@H](O)CO)C(O)C(O)C2O)O[C@H]1n1cnc2c(N)ncnc21. The zero-order chi connectivity index (χ0) is 30.5. The summed E-state index contributed by atoms with van der Waals surface area (Å²) in [5.74, 6) is 0.0941. The van der Waals surface area contributed by atoms with Crippen LogP contribution in [0, 0.1) is 0 Å². The maximum Gasteiger partial charge on any atom is 0.481 e. The summed E-state index contributed by atoms with van der Waals surface area (Å²) in [6.07, 6.45) is -13.0. The number of ether oxygens (including phenoxy) is 2. The number of anilines is 1. The van der Waals surface area contributed by atoms with E-state index in [0.717, 1.165) is 0 Å². The predicted molar refractivity (Wildman–Crippen MR) is 136 cm³/mol.